The molecule has 98 valence electrons. The normalized spacial score (nSPS) is 12.9. The molecule has 0 saturated heterocycles. The Morgan fingerprint density at radius 3 is 2.84 bits per heavy atom. The summed E-state index contributed by atoms with van der Waals surface area (Å²) in [6.45, 7) is 0. The fourth-order valence-electron chi connectivity index (χ4n) is 1.94. The van der Waals surface area contributed by atoms with Gasteiger partial charge in [0.15, 0.2) is 4.67 Å². The first kappa shape index (κ1) is 12.8. The standard InChI is InChI=1S/C13H12BrN3OS/c14-12-6-5-10(18-12)9(17-15)7-13-16-8-3-1-2-4-11(8)19-13/h1-6,9,17H,7,15H2. The Hall–Kier alpha value is -1.21. The van der Waals surface area contributed by atoms with Crippen LogP contribution in [-0.4, -0.2) is 4.98 Å². The molecule has 0 aliphatic rings. The van der Waals surface area contributed by atoms with Crippen LogP contribution in [0.3, 0.4) is 0 Å². The number of para-hydroxylation sites is 1. The van der Waals surface area contributed by atoms with Crippen molar-refractivity contribution in [3.63, 3.8) is 0 Å². The molecule has 2 heterocycles. The molecule has 3 aromatic rings. The van der Waals surface area contributed by atoms with Gasteiger partial charge >= 0.3 is 0 Å². The highest BCUT2D eigenvalue weighted by molar-refractivity contribution is 9.10. The number of nitrogens with two attached hydrogens (primary N) is 1. The van der Waals surface area contributed by atoms with Crippen molar-refractivity contribution in [3.8, 4) is 0 Å². The van der Waals surface area contributed by atoms with E-state index in [-0.39, 0.29) is 6.04 Å². The van der Waals surface area contributed by atoms with Gasteiger partial charge in [-0.05, 0) is 40.2 Å². The number of thiazole rings is 1. The van der Waals surface area contributed by atoms with E-state index >= 15 is 0 Å². The number of furan rings is 1. The van der Waals surface area contributed by atoms with Crippen LogP contribution in [0.15, 0.2) is 45.5 Å². The summed E-state index contributed by atoms with van der Waals surface area (Å²) in [5.74, 6) is 6.41. The van der Waals surface area contributed by atoms with Crippen LogP contribution in [0, 0.1) is 0 Å². The lowest BCUT2D eigenvalue weighted by Gasteiger charge is -2.10. The molecule has 0 aliphatic heterocycles. The van der Waals surface area contributed by atoms with Crippen molar-refractivity contribution in [3.05, 3.63) is 51.8 Å². The molecular weight excluding hydrogens is 326 g/mol. The molecule has 19 heavy (non-hydrogen) atoms. The monoisotopic (exact) mass is 337 g/mol. The molecule has 1 atom stereocenters. The van der Waals surface area contributed by atoms with Crippen LogP contribution in [0.25, 0.3) is 10.2 Å². The van der Waals surface area contributed by atoms with E-state index in [0.29, 0.717) is 11.1 Å². The molecule has 0 saturated carbocycles. The number of benzene rings is 1. The first-order valence-electron chi connectivity index (χ1n) is 5.82. The van der Waals surface area contributed by atoms with E-state index in [0.717, 1.165) is 16.3 Å². The van der Waals surface area contributed by atoms with Gasteiger partial charge in [-0.25, -0.2) is 10.4 Å². The van der Waals surface area contributed by atoms with Crippen molar-refractivity contribution >= 4 is 37.5 Å². The summed E-state index contributed by atoms with van der Waals surface area (Å²) >= 11 is 4.98. The fourth-order valence-corrected chi connectivity index (χ4v) is 3.27. The van der Waals surface area contributed by atoms with Crippen LogP contribution in [0.1, 0.15) is 16.8 Å². The van der Waals surface area contributed by atoms with Crippen LogP contribution >= 0.6 is 27.3 Å². The highest BCUT2D eigenvalue weighted by Crippen LogP contribution is 2.27. The molecule has 1 aromatic carbocycles. The molecule has 3 N–H and O–H groups in total. The number of hydrogen-bond acceptors (Lipinski definition) is 5. The van der Waals surface area contributed by atoms with E-state index < -0.39 is 0 Å². The zero-order valence-electron chi connectivity index (χ0n) is 9.97. The molecule has 1 unspecified atom stereocenters. The van der Waals surface area contributed by atoms with Crippen molar-refractivity contribution in [2.45, 2.75) is 12.5 Å². The zero-order valence-corrected chi connectivity index (χ0v) is 12.4. The van der Waals surface area contributed by atoms with E-state index in [1.165, 1.54) is 4.70 Å². The van der Waals surface area contributed by atoms with Gasteiger partial charge in [0, 0.05) is 6.42 Å². The molecule has 4 nitrogen and oxygen atoms in total. The summed E-state index contributed by atoms with van der Waals surface area (Å²) in [5.41, 5.74) is 3.80. The largest absolute Gasteiger partial charge is 0.453 e. The second-order valence-electron chi connectivity index (χ2n) is 4.14. The number of hydrogen-bond donors (Lipinski definition) is 2. The van der Waals surface area contributed by atoms with Gasteiger partial charge in [0.1, 0.15) is 5.76 Å². The van der Waals surface area contributed by atoms with Gasteiger partial charge in [-0.2, -0.15) is 0 Å². The third kappa shape index (κ3) is 2.71. The van der Waals surface area contributed by atoms with Crippen LogP contribution in [0.5, 0.6) is 0 Å². The lowest BCUT2D eigenvalue weighted by Crippen LogP contribution is -2.29. The molecular formula is C13H12BrN3OS. The van der Waals surface area contributed by atoms with Gasteiger partial charge in [0.25, 0.3) is 0 Å². The second-order valence-corrected chi connectivity index (χ2v) is 6.04. The van der Waals surface area contributed by atoms with E-state index in [1.54, 1.807) is 11.3 Å². The minimum atomic E-state index is -0.0770. The van der Waals surface area contributed by atoms with Crippen molar-refractivity contribution in [1.82, 2.24) is 10.4 Å². The molecule has 0 spiro atoms. The average molecular weight is 338 g/mol. The molecule has 0 bridgehead atoms. The highest BCUT2D eigenvalue weighted by Gasteiger charge is 2.16. The van der Waals surface area contributed by atoms with Crippen molar-refractivity contribution in [1.29, 1.82) is 0 Å². The Morgan fingerprint density at radius 2 is 2.16 bits per heavy atom. The molecule has 0 fully saturated rings. The average Bonchev–Trinajstić information content (AvgIpc) is 3.01. The fraction of sp³-hybridized carbons (Fsp3) is 0.154. The minimum absolute atomic E-state index is 0.0770. The van der Waals surface area contributed by atoms with Gasteiger partial charge < -0.3 is 4.42 Å². The van der Waals surface area contributed by atoms with Crippen molar-refractivity contribution in [2.75, 3.05) is 0 Å². The summed E-state index contributed by atoms with van der Waals surface area (Å²) in [5, 5.41) is 1.04. The Morgan fingerprint density at radius 1 is 1.32 bits per heavy atom. The van der Waals surface area contributed by atoms with Crippen LogP contribution in [0.4, 0.5) is 0 Å². The third-order valence-corrected chi connectivity index (χ3v) is 4.34. The minimum Gasteiger partial charge on any atom is -0.453 e. The maximum atomic E-state index is 5.61. The topological polar surface area (TPSA) is 64.1 Å². The van der Waals surface area contributed by atoms with Crippen LogP contribution in [0.2, 0.25) is 0 Å². The van der Waals surface area contributed by atoms with Crippen LogP contribution < -0.4 is 11.3 Å². The highest BCUT2D eigenvalue weighted by atomic mass is 79.9. The van der Waals surface area contributed by atoms with E-state index in [2.05, 4.69) is 32.4 Å². The van der Waals surface area contributed by atoms with Gasteiger partial charge in [-0.1, -0.05) is 12.1 Å². The second kappa shape index (κ2) is 5.42. The predicted octanol–water partition coefficient (Wildman–Crippen LogP) is 3.40. The molecule has 0 radical (unpaired) electrons. The molecule has 0 aliphatic carbocycles. The maximum absolute atomic E-state index is 5.61. The number of nitrogens with zero attached hydrogens (tertiary/aromatic N) is 1. The Kier molecular flexibility index (Phi) is 3.65. The molecule has 6 heteroatoms. The maximum Gasteiger partial charge on any atom is 0.169 e. The number of hydrazine groups is 1. The van der Waals surface area contributed by atoms with E-state index in [9.17, 15) is 0 Å². The van der Waals surface area contributed by atoms with E-state index in [4.69, 9.17) is 10.3 Å². The van der Waals surface area contributed by atoms with Gasteiger partial charge in [0.05, 0.1) is 21.3 Å². The van der Waals surface area contributed by atoms with Crippen molar-refractivity contribution in [2.24, 2.45) is 5.84 Å². The lowest BCUT2D eigenvalue weighted by molar-refractivity contribution is 0.404. The number of rotatable bonds is 4. The zero-order chi connectivity index (χ0) is 13.2. The number of aromatic nitrogens is 1. The third-order valence-electron chi connectivity index (χ3n) is 2.86. The molecule has 3 rings (SSSR count). The smallest absolute Gasteiger partial charge is 0.169 e. The number of fused-ring (bicyclic) bond motifs is 1. The number of halogens is 1. The van der Waals surface area contributed by atoms with E-state index in [1.807, 2.05) is 30.3 Å². The lowest BCUT2D eigenvalue weighted by atomic mass is 10.2. The van der Waals surface area contributed by atoms with Crippen molar-refractivity contribution < 1.29 is 4.42 Å². The Bertz CT molecular complexity index is 661. The molecule has 2 aromatic heterocycles. The summed E-state index contributed by atoms with van der Waals surface area (Å²) in [7, 11) is 0. The van der Waals surface area contributed by atoms with Crippen LogP contribution in [-0.2, 0) is 6.42 Å². The first-order chi connectivity index (χ1) is 9.26. The predicted molar refractivity (Wildman–Crippen MR) is 79.8 cm³/mol. The van der Waals surface area contributed by atoms with Gasteiger partial charge in [-0.15, -0.1) is 11.3 Å². The SMILES string of the molecule is NNC(Cc1nc2ccccc2s1)c1ccc(Br)o1. The van der Waals surface area contributed by atoms with Gasteiger partial charge in [-0.3, -0.25) is 5.84 Å². The summed E-state index contributed by atoms with van der Waals surface area (Å²) in [4.78, 5) is 4.60. The Labute approximate surface area is 122 Å². The Balaban J connectivity index is 1.86. The summed E-state index contributed by atoms with van der Waals surface area (Å²) in [6.07, 6.45) is 0.704. The van der Waals surface area contributed by atoms with Gasteiger partial charge in [0.2, 0.25) is 0 Å². The number of nitrogens with one attached hydrogen (secondary N) is 1. The summed E-state index contributed by atoms with van der Waals surface area (Å²) < 4.78 is 7.42. The molecule has 0 amide bonds. The summed E-state index contributed by atoms with van der Waals surface area (Å²) in [6, 6.07) is 11.8. The quantitative estimate of drug-likeness (QED) is 0.565. The first-order valence-corrected chi connectivity index (χ1v) is 7.43.